The van der Waals surface area contributed by atoms with Gasteiger partial charge in [0.2, 0.25) is 11.8 Å². The first-order valence-electron chi connectivity index (χ1n) is 14.3. The minimum Gasteiger partial charge on any atom is -0.394 e. The highest BCUT2D eigenvalue weighted by Gasteiger charge is 2.46. The number of rotatable bonds is 7. The number of likely N-dealkylation sites (N-methyl/N-ethyl adjacent to an activating group) is 1. The number of aliphatic hydroxyl groups excluding tert-OH is 1. The lowest BCUT2D eigenvalue weighted by Gasteiger charge is -2.41. The van der Waals surface area contributed by atoms with E-state index in [1.807, 2.05) is 4.90 Å². The number of likely N-dealkylation sites (tertiary alicyclic amines) is 1. The molecule has 0 radical (unpaired) electrons. The molecule has 0 aromatic carbocycles. The molecule has 0 saturated carbocycles. The van der Waals surface area contributed by atoms with Crippen LogP contribution < -0.4 is 10.6 Å². The summed E-state index contributed by atoms with van der Waals surface area (Å²) in [5.74, 6) is 0.346. The number of amides is 2. The second kappa shape index (κ2) is 12.0. The van der Waals surface area contributed by atoms with Crippen molar-refractivity contribution in [2.45, 2.75) is 87.9 Å². The van der Waals surface area contributed by atoms with Gasteiger partial charge in [-0.3, -0.25) is 24.3 Å². The van der Waals surface area contributed by atoms with E-state index < -0.39 is 0 Å². The Bertz CT molecular complexity index is 757. The number of piperazine rings is 1. The van der Waals surface area contributed by atoms with Crippen LogP contribution in [-0.2, 0) is 14.3 Å². The first-order chi connectivity index (χ1) is 17.5. The summed E-state index contributed by atoms with van der Waals surface area (Å²) in [7, 11) is 2.13. The van der Waals surface area contributed by atoms with Crippen LogP contribution in [0.1, 0.15) is 51.4 Å². The van der Waals surface area contributed by atoms with E-state index in [0.717, 1.165) is 71.5 Å². The van der Waals surface area contributed by atoms with E-state index in [2.05, 4.69) is 32.4 Å². The first-order valence-corrected chi connectivity index (χ1v) is 14.3. The van der Waals surface area contributed by atoms with E-state index in [0.29, 0.717) is 19.1 Å². The number of nitrogens with one attached hydrogen (secondary N) is 2. The molecule has 3 unspecified atom stereocenters. The molecule has 5 fully saturated rings. The van der Waals surface area contributed by atoms with Crippen LogP contribution in [0.3, 0.4) is 0 Å². The molecule has 0 bridgehead atoms. The number of hydrogen-bond donors (Lipinski definition) is 3. The van der Waals surface area contributed by atoms with Crippen LogP contribution in [0.15, 0.2) is 0 Å². The van der Waals surface area contributed by atoms with Crippen LogP contribution in [0.2, 0.25) is 0 Å². The maximum atomic E-state index is 13.1. The predicted molar refractivity (Wildman–Crippen MR) is 136 cm³/mol. The number of nitrogens with zero attached hydrogens (tertiary/aromatic N) is 4. The van der Waals surface area contributed by atoms with Crippen LogP contribution in [-0.4, -0.2) is 139 Å². The van der Waals surface area contributed by atoms with Crippen molar-refractivity contribution in [3.63, 3.8) is 0 Å². The monoisotopic (exact) mass is 506 g/mol. The fraction of sp³-hybridized carbons (Fsp3) is 0.923. The van der Waals surface area contributed by atoms with Crippen LogP contribution in [0, 0.1) is 0 Å². The highest BCUT2D eigenvalue weighted by molar-refractivity contribution is 5.83. The molecule has 204 valence electrons. The summed E-state index contributed by atoms with van der Waals surface area (Å²) in [6.45, 7) is 6.91. The summed E-state index contributed by atoms with van der Waals surface area (Å²) >= 11 is 0. The topological polar surface area (TPSA) is 101 Å². The van der Waals surface area contributed by atoms with Crippen molar-refractivity contribution in [3.05, 3.63) is 0 Å². The van der Waals surface area contributed by atoms with Gasteiger partial charge in [0.15, 0.2) is 0 Å². The lowest BCUT2D eigenvalue weighted by molar-refractivity contribution is -0.134. The normalized spacial score (nSPS) is 37.1. The average molecular weight is 507 g/mol. The molecular formula is C26H46N6O4. The fourth-order valence-electron chi connectivity index (χ4n) is 7.04. The number of ether oxygens (including phenoxy) is 1. The molecule has 10 heteroatoms. The Balaban J connectivity index is 1.09. The van der Waals surface area contributed by atoms with Gasteiger partial charge in [0.05, 0.1) is 25.0 Å². The molecule has 0 aliphatic carbocycles. The SMILES string of the molecule is CN1[C@@H](CCC(=O)N2CCN(C3CCCCN3)CC2)CNC(=O)[C@@H]2[C@@H]1CCN2CC1CCC(CO)O1. The van der Waals surface area contributed by atoms with Gasteiger partial charge in [-0.05, 0) is 58.5 Å². The minimum atomic E-state index is -0.172. The molecule has 5 aliphatic heterocycles. The molecule has 10 nitrogen and oxygen atoms in total. The van der Waals surface area contributed by atoms with Gasteiger partial charge in [0.1, 0.15) is 6.04 Å². The Hall–Kier alpha value is -1.30. The molecule has 5 saturated heterocycles. The summed E-state index contributed by atoms with van der Waals surface area (Å²) in [6.07, 6.45) is 8.36. The summed E-state index contributed by atoms with van der Waals surface area (Å²) < 4.78 is 5.94. The van der Waals surface area contributed by atoms with Crippen molar-refractivity contribution in [3.8, 4) is 0 Å². The number of piperidine rings is 1. The lowest BCUT2D eigenvalue weighted by atomic mass is 10.0. The third-order valence-electron chi connectivity index (χ3n) is 9.27. The standard InChI is InChI=1S/C26H46N6O4/c1-29-19(5-8-24(34)31-14-12-30(13-15-31)23-4-2-3-10-27-23)16-28-26(35)25-22(29)9-11-32(25)17-20-6-7-21(18-33)36-20/h19-23,25,27,33H,2-18H2,1H3,(H,28,35)/t19-,20?,21?,22-,23?,25-/m0/s1. The van der Waals surface area contributed by atoms with E-state index in [9.17, 15) is 14.7 Å². The molecule has 2 amide bonds. The van der Waals surface area contributed by atoms with Crippen LogP contribution in [0.5, 0.6) is 0 Å². The predicted octanol–water partition coefficient (Wildman–Crippen LogP) is -0.577. The van der Waals surface area contributed by atoms with E-state index in [4.69, 9.17) is 4.74 Å². The van der Waals surface area contributed by atoms with Crippen molar-refractivity contribution in [1.82, 2.24) is 30.2 Å². The van der Waals surface area contributed by atoms with Gasteiger partial charge in [-0.25, -0.2) is 0 Å². The molecule has 0 aromatic heterocycles. The van der Waals surface area contributed by atoms with Crippen LogP contribution in [0.4, 0.5) is 0 Å². The number of carbonyl (C=O) groups is 2. The van der Waals surface area contributed by atoms with Gasteiger partial charge in [-0.1, -0.05) is 0 Å². The smallest absolute Gasteiger partial charge is 0.239 e. The number of hydrogen-bond acceptors (Lipinski definition) is 8. The summed E-state index contributed by atoms with van der Waals surface area (Å²) in [4.78, 5) is 35.3. The Morgan fingerprint density at radius 2 is 1.86 bits per heavy atom. The molecule has 3 N–H and O–H groups in total. The molecule has 0 aromatic rings. The van der Waals surface area contributed by atoms with Gasteiger partial charge >= 0.3 is 0 Å². The Morgan fingerprint density at radius 1 is 1.06 bits per heavy atom. The third-order valence-corrected chi connectivity index (χ3v) is 9.27. The van der Waals surface area contributed by atoms with Gasteiger partial charge in [-0.2, -0.15) is 0 Å². The molecule has 0 spiro atoms. The molecule has 5 heterocycles. The zero-order valence-electron chi connectivity index (χ0n) is 21.9. The largest absolute Gasteiger partial charge is 0.394 e. The van der Waals surface area contributed by atoms with Crippen LogP contribution >= 0.6 is 0 Å². The van der Waals surface area contributed by atoms with Gasteiger partial charge in [0.25, 0.3) is 0 Å². The van der Waals surface area contributed by atoms with Crippen molar-refractivity contribution in [2.75, 3.05) is 66.0 Å². The van der Waals surface area contributed by atoms with Gasteiger partial charge in [0, 0.05) is 64.3 Å². The van der Waals surface area contributed by atoms with E-state index in [-0.39, 0.29) is 48.8 Å². The van der Waals surface area contributed by atoms with Crippen LogP contribution in [0.25, 0.3) is 0 Å². The summed E-state index contributed by atoms with van der Waals surface area (Å²) in [6, 6.07) is 0.158. The van der Waals surface area contributed by atoms with Crippen molar-refractivity contribution >= 4 is 11.8 Å². The number of aliphatic hydroxyl groups is 1. The lowest BCUT2D eigenvalue weighted by Crippen LogP contribution is -2.56. The first kappa shape index (κ1) is 26.3. The second-order valence-electron chi connectivity index (χ2n) is 11.4. The van der Waals surface area contributed by atoms with Crippen molar-refractivity contribution < 1.29 is 19.4 Å². The van der Waals surface area contributed by atoms with Crippen molar-refractivity contribution in [2.24, 2.45) is 0 Å². The minimum absolute atomic E-state index is 0.0622. The number of carbonyl (C=O) groups excluding carboxylic acids is 2. The zero-order chi connectivity index (χ0) is 25.1. The van der Waals surface area contributed by atoms with E-state index in [1.165, 1.54) is 19.3 Å². The Kier molecular flexibility index (Phi) is 8.80. The van der Waals surface area contributed by atoms with Gasteiger partial charge in [-0.15, -0.1) is 0 Å². The maximum absolute atomic E-state index is 13.1. The quantitative estimate of drug-likeness (QED) is 0.422. The van der Waals surface area contributed by atoms with Gasteiger partial charge < -0.3 is 25.4 Å². The zero-order valence-corrected chi connectivity index (χ0v) is 21.9. The summed E-state index contributed by atoms with van der Waals surface area (Å²) in [5.41, 5.74) is 0. The highest BCUT2D eigenvalue weighted by Crippen LogP contribution is 2.30. The Labute approximate surface area is 215 Å². The van der Waals surface area contributed by atoms with E-state index >= 15 is 0 Å². The maximum Gasteiger partial charge on any atom is 0.239 e. The summed E-state index contributed by atoms with van der Waals surface area (Å²) in [5, 5.41) is 16.2. The Morgan fingerprint density at radius 3 is 2.58 bits per heavy atom. The molecule has 5 aliphatic rings. The fourth-order valence-corrected chi connectivity index (χ4v) is 7.04. The third kappa shape index (κ3) is 5.89. The number of fused-ring (bicyclic) bond motifs is 1. The highest BCUT2D eigenvalue weighted by atomic mass is 16.5. The van der Waals surface area contributed by atoms with Crippen molar-refractivity contribution in [1.29, 1.82) is 0 Å². The molecular weight excluding hydrogens is 460 g/mol. The second-order valence-corrected chi connectivity index (χ2v) is 11.4. The van der Waals surface area contributed by atoms with E-state index in [1.54, 1.807) is 0 Å². The molecule has 5 rings (SSSR count). The molecule has 36 heavy (non-hydrogen) atoms. The molecule has 6 atom stereocenters. The average Bonchev–Trinajstić information content (AvgIpc) is 3.53.